The molecule has 0 aliphatic carbocycles. The molecule has 1 aromatic rings. The molecule has 0 N–H and O–H groups in total. The lowest BCUT2D eigenvalue weighted by Crippen LogP contribution is -2.37. The number of halogens is 1. The van der Waals surface area contributed by atoms with Crippen molar-refractivity contribution in [3.63, 3.8) is 0 Å². The van der Waals surface area contributed by atoms with Crippen LogP contribution < -0.4 is 0 Å². The summed E-state index contributed by atoms with van der Waals surface area (Å²) in [7, 11) is -1.13. The Kier molecular flexibility index (Phi) is 4.78. The number of nitrogens with zero attached hydrogens (tertiary/aromatic N) is 1. The van der Waals surface area contributed by atoms with E-state index < -0.39 is 15.7 Å². The predicted molar refractivity (Wildman–Crippen MR) is 79.6 cm³/mol. The van der Waals surface area contributed by atoms with E-state index >= 15 is 0 Å². The van der Waals surface area contributed by atoms with E-state index in [1.54, 1.807) is 19.1 Å². The summed E-state index contributed by atoms with van der Waals surface area (Å²) in [6.07, 6.45) is 0.597. The lowest BCUT2D eigenvalue weighted by molar-refractivity contribution is 0.0887. The van der Waals surface area contributed by atoms with Crippen molar-refractivity contribution in [2.24, 2.45) is 5.92 Å². The second-order valence-electron chi connectivity index (χ2n) is 5.74. The highest BCUT2D eigenvalue weighted by molar-refractivity contribution is 7.91. The third-order valence-corrected chi connectivity index (χ3v) is 5.73. The van der Waals surface area contributed by atoms with Gasteiger partial charge < -0.3 is 4.90 Å². The van der Waals surface area contributed by atoms with E-state index in [1.807, 2.05) is 11.9 Å². The van der Waals surface area contributed by atoms with Crippen LogP contribution in [0, 0.1) is 11.7 Å². The van der Waals surface area contributed by atoms with E-state index in [1.165, 1.54) is 12.1 Å². The Hall–Kier alpha value is -1.27. The molecule has 0 saturated carbocycles. The van der Waals surface area contributed by atoms with Gasteiger partial charge in [0.2, 0.25) is 0 Å². The highest BCUT2D eigenvalue weighted by Gasteiger charge is 2.32. The summed E-state index contributed by atoms with van der Waals surface area (Å²) in [6.45, 7) is 2.17. The minimum atomic E-state index is -2.94. The zero-order valence-electron chi connectivity index (χ0n) is 12.3. The van der Waals surface area contributed by atoms with Crippen molar-refractivity contribution in [3.8, 4) is 0 Å². The number of hydrogen-bond acceptors (Lipinski definition) is 4. The van der Waals surface area contributed by atoms with E-state index in [-0.39, 0.29) is 34.8 Å². The molecule has 2 rings (SSSR count). The first-order valence-electron chi connectivity index (χ1n) is 6.99. The zero-order valence-corrected chi connectivity index (χ0v) is 13.1. The van der Waals surface area contributed by atoms with Crippen molar-refractivity contribution >= 4 is 15.6 Å². The monoisotopic (exact) mass is 313 g/mol. The van der Waals surface area contributed by atoms with Crippen molar-refractivity contribution < 1.29 is 17.6 Å². The van der Waals surface area contributed by atoms with E-state index in [9.17, 15) is 17.6 Å². The average molecular weight is 313 g/mol. The molecule has 2 unspecified atom stereocenters. The number of sulfone groups is 1. The van der Waals surface area contributed by atoms with Crippen LogP contribution >= 0.6 is 0 Å². The third-order valence-electron chi connectivity index (χ3n) is 3.98. The highest BCUT2D eigenvalue weighted by Crippen LogP contribution is 2.19. The summed E-state index contributed by atoms with van der Waals surface area (Å²) < 4.78 is 36.6. The van der Waals surface area contributed by atoms with Crippen molar-refractivity contribution in [2.45, 2.75) is 19.4 Å². The fourth-order valence-electron chi connectivity index (χ4n) is 2.71. The van der Waals surface area contributed by atoms with Crippen LogP contribution in [0.25, 0.3) is 0 Å². The summed E-state index contributed by atoms with van der Waals surface area (Å²) in [5, 5.41) is 0. The van der Waals surface area contributed by atoms with Crippen LogP contribution in [0.1, 0.15) is 23.7 Å². The summed E-state index contributed by atoms with van der Waals surface area (Å²) >= 11 is 0. The molecule has 116 valence electrons. The molecule has 1 aliphatic heterocycles. The Morgan fingerprint density at radius 1 is 1.43 bits per heavy atom. The molecule has 0 aromatic heterocycles. The van der Waals surface area contributed by atoms with Gasteiger partial charge in [-0.1, -0.05) is 19.1 Å². The standard InChI is InChI=1S/C15H20FNO3S/c1-11(15(18)13-5-3-4-6-14(13)16)9-17(2)12-7-8-21(19,20)10-12/h3-6,11-12H,7-10H2,1-2H3. The van der Waals surface area contributed by atoms with Gasteiger partial charge in [-0.2, -0.15) is 0 Å². The molecule has 6 heteroatoms. The molecule has 1 saturated heterocycles. The molecule has 0 amide bonds. The Labute approximate surface area is 124 Å². The SMILES string of the molecule is CC(CN(C)C1CCS(=O)(=O)C1)C(=O)c1ccccc1F. The van der Waals surface area contributed by atoms with E-state index in [4.69, 9.17) is 0 Å². The van der Waals surface area contributed by atoms with E-state index in [2.05, 4.69) is 0 Å². The third kappa shape index (κ3) is 3.89. The second kappa shape index (κ2) is 6.23. The molecule has 1 fully saturated rings. The fraction of sp³-hybridized carbons (Fsp3) is 0.533. The summed E-state index contributed by atoms with van der Waals surface area (Å²) in [6, 6.07) is 5.88. The van der Waals surface area contributed by atoms with Crippen LogP contribution in [0.3, 0.4) is 0 Å². The van der Waals surface area contributed by atoms with Gasteiger partial charge in [0.1, 0.15) is 5.82 Å². The van der Waals surface area contributed by atoms with Crippen molar-refractivity contribution in [1.29, 1.82) is 0 Å². The smallest absolute Gasteiger partial charge is 0.169 e. The highest BCUT2D eigenvalue weighted by atomic mass is 32.2. The average Bonchev–Trinajstić information content (AvgIpc) is 2.79. The molecule has 1 aliphatic rings. The topological polar surface area (TPSA) is 54.5 Å². The van der Waals surface area contributed by atoms with Crippen LogP contribution in [-0.2, 0) is 9.84 Å². The first kappa shape index (κ1) is 16.1. The fourth-order valence-corrected chi connectivity index (χ4v) is 4.52. The summed E-state index contributed by atoms with van der Waals surface area (Å²) in [5.74, 6) is -0.793. The lowest BCUT2D eigenvalue weighted by Gasteiger charge is -2.25. The number of benzene rings is 1. The maximum Gasteiger partial charge on any atom is 0.169 e. The van der Waals surface area contributed by atoms with Crippen molar-refractivity contribution in [3.05, 3.63) is 35.6 Å². The maximum atomic E-state index is 13.6. The van der Waals surface area contributed by atoms with Gasteiger partial charge in [0.05, 0.1) is 17.1 Å². The quantitative estimate of drug-likeness (QED) is 0.777. The summed E-state index contributed by atoms with van der Waals surface area (Å²) in [4.78, 5) is 14.2. The molecular weight excluding hydrogens is 293 g/mol. The zero-order chi connectivity index (χ0) is 15.6. The van der Waals surface area contributed by atoms with E-state index in [0.29, 0.717) is 13.0 Å². The predicted octanol–water partition coefficient (Wildman–Crippen LogP) is 1.76. The Morgan fingerprint density at radius 3 is 2.67 bits per heavy atom. The molecule has 0 spiro atoms. The molecular formula is C15H20FNO3S. The van der Waals surface area contributed by atoms with Gasteiger partial charge in [-0.25, -0.2) is 12.8 Å². The number of ketones is 1. The van der Waals surface area contributed by atoms with Gasteiger partial charge >= 0.3 is 0 Å². The number of rotatable bonds is 5. The van der Waals surface area contributed by atoms with Gasteiger partial charge in [-0.05, 0) is 25.6 Å². The van der Waals surface area contributed by atoms with Gasteiger partial charge in [0, 0.05) is 18.5 Å². The first-order chi connectivity index (χ1) is 9.80. The Balaban J connectivity index is 2.00. The molecule has 0 bridgehead atoms. The Bertz CT molecular complexity index is 630. The molecule has 21 heavy (non-hydrogen) atoms. The van der Waals surface area contributed by atoms with Crippen LogP contribution in [0.2, 0.25) is 0 Å². The van der Waals surface area contributed by atoms with Crippen LogP contribution in [-0.4, -0.2) is 50.2 Å². The molecule has 4 nitrogen and oxygen atoms in total. The second-order valence-corrected chi connectivity index (χ2v) is 7.97. The van der Waals surface area contributed by atoms with E-state index in [0.717, 1.165) is 0 Å². The van der Waals surface area contributed by atoms with Crippen molar-refractivity contribution in [1.82, 2.24) is 4.90 Å². The van der Waals surface area contributed by atoms with Gasteiger partial charge in [0.15, 0.2) is 15.6 Å². The minimum Gasteiger partial charge on any atom is -0.302 e. The van der Waals surface area contributed by atoms with Crippen LogP contribution in [0.5, 0.6) is 0 Å². The van der Waals surface area contributed by atoms with Gasteiger partial charge in [0.25, 0.3) is 0 Å². The maximum absolute atomic E-state index is 13.6. The van der Waals surface area contributed by atoms with Gasteiger partial charge in [-0.3, -0.25) is 4.79 Å². The van der Waals surface area contributed by atoms with Crippen molar-refractivity contribution in [2.75, 3.05) is 25.1 Å². The molecule has 1 heterocycles. The number of hydrogen-bond donors (Lipinski definition) is 0. The molecule has 0 radical (unpaired) electrons. The molecule has 2 atom stereocenters. The number of Topliss-reactive ketones (excluding diaryl/α,β-unsaturated/α-hetero) is 1. The normalized spacial score (nSPS) is 22.4. The minimum absolute atomic E-state index is 0.0501. The van der Waals surface area contributed by atoms with Crippen LogP contribution in [0.15, 0.2) is 24.3 Å². The lowest BCUT2D eigenvalue weighted by atomic mass is 9.98. The first-order valence-corrected chi connectivity index (χ1v) is 8.81. The van der Waals surface area contributed by atoms with Crippen LogP contribution in [0.4, 0.5) is 4.39 Å². The Morgan fingerprint density at radius 2 is 2.10 bits per heavy atom. The summed E-state index contributed by atoms with van der Waals surface area (Å²) in [5.41, 5.74) is 0.0949. The largest absolute Gasteiger partial charge is 0.302 e. The van der Waals surface area contributed by atoms with Gasteiger partial charge in [-0.15, -0.1) is 0 Å². The number of carbonyl (C=O) groups is 1. The molecule has 1 aromatic carbocycles. The number of carbonyl (C=O) groups excluding carboxylic acids is 1.